The number of primary amides is 1. The third-order valence-corrected chi connectivity index (χ3v) is 6.32. The maximum atomic E-state index is 11.7. The Hall–Kier alpha value is -3.19. The summed E-state index contributed by atoms with van der Waals surface area (Å²) >= 11 is 0. The fourth-order valence-electron chi connectivity index (χ4n) is 4.55. The molecule has 1 aromatic carbocycles. The van der Waals surface area contributed by atoms with Crippen LogP contribution < -0.4 is 11.1 Å². The Morgan fingerprint density at radius 3 is 2.63 bits per heavy atom. The number of amides is 1. The second kappa shape index (κ2) is 7.57. The van der Waals surface area contributed by atoms with Gasteiger partial charge in [-0.1, -0.05) is 12.1 Å². The van der Waals surface area contributed by atoms with E-state index in [1.807, 2.05) is 17.0 Å². The lowest BCUT2D eigenvalue weighted by Gasteiger charge is -2.29. The highest BCUT2D eigenvalue weighted by Crippen LogP contribution is 2.30. The Morgan fingerprint density at radius 1 is 1.13 bits per heavy atom. The predicted octanol–water partition coefficient (Wildman–Crippen LogP) is 3.02. The molecule has 30 heavy (non-hydrogen) atoms. The molecule has 1 amide bonds. The quantitative estimate of drug-likeness (QED) is 0.700. The molecule has 2 aliphatic rings. The van der Waals surface area contributed by atoms with E-state index < -0.39 is 5.91 Å². The average molecular weight is 403 g/mol. The van der Waals surface area contributed by atoms with Gasteiger partial charge in [0.25, 0.3) is 5.91 Å². The van der Waals surface area contributed by atoms with Crippen LogP contribution in [0.5, 0.6) is 0 Å². The number of carbonyl (C=O) groups is 1. The van der Waals surface area contributed by atoms with E-state index in [4.69, 9.17) is 10.7 Å². The van der Waals surface area contributed by atoms with Crippen molar-refractivity contribution < 1.29 is 4.79 Å². The van der Waals surface area contributed by atoms with Crippen molar-refractivity contribution in [2.24, 2.45) is 5.73 Å². The molecule has 5 rings (SSSR count). The van der Waals surface area contributed by atoms with Crippen LogP contribution >= 0.6 is 0 Å². The summed E-state index contributed by atoms with van der Waals surface area (Å²) in [6.07, 6.45) is 7.70. The van der Waals surface area contributed by atoms with E-state index in [0.717, 1.165) is 48.7 Å². The van der Waals surface area contributed by atoms with Gasteiger partial charge in [-0.25, -0.2) is 4.98 Å². The molecule has 0 radical (unpaired) electrons. The van der Waals surface area contributed by atoms with E-state index in [9.17, 15) is 4.79 Å². The third-order valence-electron chi connectivity index (χ3n) is 6.32. The summed E-state index contributed by atoms with van der Waals surface area (Å²) in [6, 6.07) is 10.4. The molecule has 7 heteroatoms. The van der Waals surface area contributed by atoms with Crippen molar-refractivity contribution in [1.82, 2.24) is 19.4 Å². The number of nitrogens with zero attached hydrogens (tertiary/aromatic N) is 4. The van der Waals surface area contributed by atoms with Crippen LogP contribution in [-0.2, 0) is 12.8 Å². The lowest BCUT2D eigenvalue weighted by Crippen LogP contribution is -2.29. The van der Waals surface area contributed by atoms with Gasteiger partial charge in [-0.15, -0.1) is 0 Å². The molecule has 3 aromatic rings. The zero-order valence-electron chi connectivity index (χ0n) is 17.1. The number of fused-ring (bicyclic) bond motifs is 3. The second-order valence-corrected chi connectivity index (χ2v) is 8.28. The largest absolute Gasteiger partial charge is 0.366 e. The summed E-state index contributed by atoms with van der Waals surface area (Å²) in [4.78, 5) is 23.3. The van der Waals surface area contributed by atoms with Gasteiger partial charge in [0, 0.05) is 29.3 Å². The Balaban J connectivity index is 1.36. The minimum atomic E-state index is -0.399. The lowest BCUT2D eigenvalue weighted by molar-refractivity contribution is 0.0999. The number of rotatable bonds is 4. The van der Waals surface area contributed by atoms with E-state index in [1.165, 1.54) is 18.4 Å². The summed E-state index contributed by atoms with van der Waals surface area (Å²) < 4.78 is 1.95. The number of carbonyl (C=O) groups excluding carboxylic acids is 1. The normalized spacial score (nSPS) is 16.7. The number of benzene rings is 1. The Labute approximate surface area is 175 Å². The zero-order chi connectivity index (χ0) is 20.7. The minimum Gasteiger partial charge on any atom is -0.366 e. The van der Waals surface area contributed by atoms with Gasteiger partial charge in [-0.2, -0.15) is 4.98 Å². The number of nitrogens with one attached hydrogen (secondary N) is 1. The van der Waals surface area contributed by atoms with Crippen molar-refractivity contribution in [2.75, 3.05) is 25.5 Å². The van der Waals surface area contributed by atoms with Crippen molar-refractivity contribution in [1.29, 1.82) is 0 Å². The van der Waals surface area contributed by atoms with E-state index in [0.29, 0.717) is 17.4 Å². The first-order valence-electron chi connectivity index (χ1n) is 10.5. The molecule has 7 nitrogen and oxygen atoms in total. The van der Waals surface area contributed by atoms with Crippen LogP contribution in [0.25, 0.3) is 5.82 Å². The molecule has 0 atom stereocenters. The molecule has 3 N–H and O–H groups in total. The monoisotopic (exact) mass is 402 g/mol. The van der Waals surface area contributed by atoms with Crippen LogP contribution in [0.15, 0.2) is 42.7 Å². The van der Waals surface area contributed by atoms with Crippen LogP contribution in [0.4, 0.5) is 11.6 Å². The van der Waals surface area contributed by atoms with Gasteiger partial charge in [0.1, 0.15) is 5.82 Å². The first kappa shape index (κ1) is 18.8. The number of aryl methyl sites for hydroxylation is 1. The van der Waals surface area contributed by atoms with Gasteiger partial charge in [0.15, 0.2) is 0 Å². The minimum absolute atomic E-state index is 0.399. The molecule has 0 aliphatic carbocycles. The van der Waals surface area contributed by atoms with Gasteiger partial charge in [0.05, 0.1) is 5.56 Å². The van der Waals surface area contributed by atoms with Gasteiger partial charge < -0.3 is 20.5 Å². The van der Waals surface area contributed by atoms with Crippen molar-refractivity contribution in [3.05, 3.63) is 65.1 Å². The molecular weight excluding hydrogens is 376 g/mol. The van der Waals surface area contributed by atoms with Crippen LogP contribution in [0, 0.1) is 0 Å². The van der Waals surface area contributed by atoms with Crippen LogP contribution in [0.2, 0.25) is 0 Å². The molecule has 4 heterocycles. The van der Waals surface area contributed by atoms with Gasteiger partial charge in [-0.05, 0) is 75.5 Å². The zero-order valence-corrected chi connectivity index (χ0v) is 17.1. The number of piperidine rings is 1. The van der Waals surface area contributed by atoms with Gasteiger partial charge >= 0.3 is 0 Å². The van der Waals surface area contributed by atoms with Crippen molar-refractivity contribution in [3.8, 4) is 5.82 Å². The number of anilines is 2. The molecule has 154 valence electrons. The summed E-state index contributed by atoms with van der Waals surface area (Å²) in [5.74, 6) is 1.60. The molecule has 0 bridgehead atoms. The highest BCUT2D eigenvalue weighted by Gasteiger charge is 2.23. The first-order valence-corrected chi connectivity index (χ1v) is 10.5. The SMILES string of the molecule is CN1CCC(c2ccc(Nc3ncc4c(n3)-n3ccc(C(N)=O)c3CC4)cc2)CC1. The summed E-state index contributed by atoms with van der Waals surface area (Å²) in [5, 5.41) is 3.32. The first-order chi connectivity index (χ1) is 14.6. The standard InChI is InChI=1S/C23H26N6O/c1-28-11-8-16(9-12-28)15-2-5-18(6-3-15)26-23-25-14-17-4-7-20-19(21(24)30)10-13-29(20)22(17)27-23/h2-3,5-6,10,13-14,16H,4,7-9,11-12H2,1H3,(H2,24,30)(H,25,26,27). The third kappa shape index (κ3) is 3.45. The number of hydrogen-bond donors (Lipinski definition) is 2. The smallest absolute Gasteiger partial charge is 0.250 e. The molecule has 0 spiro atoms. The number of nitrogens with two attached hydrogens (primary N) is 1. The van der Waals surface area contributed by atoms with E-state index in [-0.39, 0.29) is 0 Å². The average Bonchev–Trinajstić information content (AvgIpc) is 3.20. The van der Waals surface area contributed by atoms with Gasteiger partial charge in [0.2, 0.25) is 5.95 Å². The van der Waals surface area contributed by atoms with E-state index in [1.54, 1.807) is 6.07 Å². The van der Waals surface area contributed by atoms with Crippen molar-refractivity contribution in [2.45, 2.75) is 31.6 Å². The highest BCUT2D eigenvalue weighted by atomic mass is 16.1. The molecule has 2 aromatic heterocycles. The Bertz CT molecular complexity index is 1080. The Kier molecular flexibility index (Phi) is 4.75. The molecule has 1 saturated heterocycles. The molecule has 0 saturated carbocycles. The van der Waals surface area contributed by atoms with Crippen molar-refractivity contribution >= 4 is 17.5 Å². The highest BCUT2D eigenvalue weighted by molar-refractivity contribution is 5.94. The van der Waals surface area contributed by atoms with Crippen LogP contribution in [0.3, 0.4) is 0 Å². The molecular formula is C23H26N6O. The fourth-order valence-corrected chi connectivity index (χ4v) is 4.55. The van der Waals surface area contributed by atoms with Gasteiger partial charge in [-0.3, -0.25) is 4.79 Å². The topological polar surface area (TPSA) is 89.1 Å². The molecule has 0 unspecified atom stereocenters. The summed E-state index contributed by atoms with van der Waals surface area (Å²) in [7, 11) is 2.19. The number of hydrogen-bond acceptors (Lipinski definition) is 5. The van der Waals surface area contributed by atoms with Crippen LogP contribution in [-0.4, -0.2) is 45.5 Å². The summed E-state index contributed by atoms with van der Waals surface area (Å²) in [6.45, 7) is 2.32. The van der Waals surface area contributed by atoms with E-state index in [2.05, 4.69) is 46.5 Å². The fraction of sp³-hybridized carbons (Fsp3) is 0.348. The maximum absolute atomic E-state index is 11.7. The second-order valence-electron chi connectivity index (χ2n) is 8.28. The number of aromatic nitrogens is 3. The maximum Gasteiger partial charge on any atom is 0.250 e. The number of likely N-dealkylation sites (tertiary alicyclic amines) is 1. The van der Waals surface area contributed by atoms with Crippen LogP contribution in [0.1, 0.15) is 45.9 Å². The lowest BCUT2D eigenvalue weighted by atomic mass is 9.89. The predicted molar refractivity (Wildman–Crippen MR) is 116 cm³/mol. The van der Waals surface area contributed by atoms with Crippen molar-refractivity contribution in [3.63, 3.8) is 0 Å². The summed E-state index contributed by atoms with van der Waals surface area (Å²) in [5.41, 5.74) is 10.4. The molecule has 1 fully saturated rings. The Morgan fingerprint density at radius 2 is 1.90 bits per heavy atom. The van der Waals surface area contributed by atoms with E-state index >= 15 is 0 Å². The molecule has 2 aliphatic heterocycles.